The Kier molecular flexibility index (Phi) is 5.46. The lowest BCUT2D eigenvalue weighted by atomic mass is 10.1. The van der Waals surface area contributed by atoms with Crippen molar-refractivity contribution in [3.05, 3.63) is 53.5 Å². The van der Waals surface area contributed by atoms with Gasteiger partial charge in [-0.25, -0.2) is 0 Å². The predicted octanol–water partition coefficient (Wildman–Crippen LogP) is 3.89. The van der Waals surface area contributed by atoms with Crippen LogP contribution in [0.2, 0.25) is 0 Å². The number of carbonyl (C=O) groups is 1. The van der Waals surface area contributed by atoms with Gasteiger partial charge < -0.3 is 14.3 Å². The van der Waals surface area contributed by atoms with Gasteiger partial charge in [0.1, 0.15) is 18.1 Å². The van der Waals surface area contributed by atoms with E-state index in [9.17, 15) is 23.1 Å². The fraction of sp³-hybridized carbons (Fsp3) is 0.368. The Morgan fingerprint density at radius 3 is 2.64 bits per heavy atom. The quantitative estimate of drug-likeness (QED) is 0.804. The number of carbonyl (C=O) groups excluding carboxylic acids is 1. The zero-order chi connectivity index (χ0) is 20.4. The number of hydrogen-bond acceptors (Lipinski definition) is 5. The summed E-state index contributed by atoms with van der Waals surface area (Å²) in [6.45, 7) is 2.08. The number of alkyl halides is 3. The minimum atomic E-state index is -5.05. The fourth-order valence-electron chi connectivity index (χ4n) is 2.76. The zero-order valence-electron chi connectivity index (χ0n) is 15.1. The molecule has 1 aromatic heterocycles. The van der Waals surface area contributed by atoms with Gasteiger partial charge in [-0.2, -0.15) is 23.3 Å². The molecule has 0 fully saturated rings. The number of aryl methyl sites for hydroxylation is 1. The van der Waals surface area contributed by atoms with E-state index in [0.29, 0.717) is 5.75 Å². The van der Waals surface area contributed by atoms with Crippen LogP contribution in [0.5, 0.6) is 5.75 Å². The second-order valence-corrected chi connectivity index (χ2v) is 6.38. The summed E-state index contributed by atoms with van der Waals surface area (Å²) in [7, 11) is 0. The highest BCUT2D eigenvalue weighted by Gasteiger charge is 2.61. The maximum Gasteiger partial charge on any atom is 0.438 e. The molecular weight excluding hydrogens is 377 g/mol. The molecule has 0 saturated heterocycles. The maximum absolute atomic E-state index is 13.1. The molecule has 0 aliphatic carbocycles. The first-order valence-electron chi connectivity index (χ1n) is 8.71. The second kappa shape index (κ2) is 7.67. The highest BCUT2D eigenvalue weighted by Crippen LogP contribution is 2.39. The summed E-state index contributed by atoms with van der Waals surface area (Å²) in [6.07, 6.45) is -3.06. The summed E-state index contributed by atoms with van der Waals surface area (Å²) in [5.41, 5.74) is -2.20. The molecule has 9 heteroatoms. The van der Waals surface area contributed by atoms with E-state index in [4.69, 9.17) is 9.15 Å². The average molecular weight is 396 g/mol. The Morgan fingerprint density at radius 1 is 1.29 bits per heavy atom. The van der Waals surface area contributed by atoms with Crippen molar-refractivity contribution in [2.45, 2.75) is 44.7 Å². The summed E-state index contributed by atoms with van der Waals surface area (Å²) >= 11 is 0. The number of hydrogen-bond donors (Lipinski definition) is 1. The van der Waals surface area contributed by atoms with Gasteiger partial charge in [0, 0.05) is 12.6 Å². The number of aliphatic hydroxyl groups is 1. The Balaban J connectivity index is 1.65. The molecule has 1 amide bonds. The number of halogens is 3. The van der Waals surface area contributed by atoms with Crippen molar-refractivity contribution in [2.24, 2.45) is 5.10 Å². The molecule has 0 unspecified atom stereocenters. The smallest absolute Gasteiger partial charge is 0.438 e. The number of benzene rings is 1. The molecule has 2 heterocycles. The van der Waals surface area contributed by atoms with Crippen LogP contribution in [0.15, 0.2) is 45.9 Å². The topological polar surface area (TPSA) is 75.3 Å². The molecule has 6 nitrogen and oxygen atoms in total. The van der Waals surface area contributed by atoms with Crippen molar-refractivity contribution in [3.63, 3.8) is 0 Å². The van der Waals surface area contributed by atoms with Gasteiger partial charge in [0.05, 0.1) is 0 Å². The van der Waals surface area contributed by atoms with Crippen molar-refractivity contribution in [3.8, 4) is 5.75 Å². The molecule has 150 valence electrons. The molecule has 1 aliphatic rings. The van der Waals surface area contributed by atoms with Crippen LogP contribution in [0.1, 0.15) is 41.6 Å². The number of rotatable bonds is 6. The lowest BCUT2D eigenvalue weighted by Gasteiger charge is -2.31. The molecular formula is C19H19F3N2O4. The van der Waals surface area contributed by atoms with Gasteiger partial charge in [0.2, 0.25) is 0 Å². The maximum atomic E-state index is 13.1. The summed E-state index contributed by atoms with van der Waals surface area (Å²) in [4.78, 5) is 12.3. The molecule has 1 N–H and O–H groups in total. The number of hydrazone groups is 1. The van der Waals surface area contributed by atoms with Gasteiger partial charge >= 0.3 is 12.1 Å². The minimum absolute atomic E-state index is 0.00674. The molecule has 0 saturated carbocycles. The van der Waals surface area contributed by atoms with E-state index in [0.717, 1.165) is 19.1 Å². The first kappa shape index (κ1) is 19.9. The molecule has 1 atom stereocenters. The Bertz CT molecular complexity index is 861. The third-order valence-corrected chi connectivity index (χ3v) is 4.29. The average Bonchev–Trinajstić information content (AvgIpc) is 3.28. The molecule has 0 bridgehead atoms. The van der Waals surface area contributed by atoms with Gasteiger partial charge in [-0.1, -0.05) is 25.5 Å². The monoisotopic (exact) mass is 396 g/mol. The molecule has 28 heavy (non-hydrogen) atoms. The predicted molar refractivity (Wildman–Crippen MR) is 93.8 cm³/mol. The van der Waals surface area contributed by atoms with Gasteiger partial charge in [0.15, 0.2) is 5.76 Å². The summed E-state index contributed by atoms with van der Waals surface area (Å²) < 4.78 is 50.1. The van der Waals surface area contributed by atoms with Crippen LogP contribution in [-0.4, -0.2) is 34.1 Å². The van der Waals surface area contributed by atoms with Gasteiger partial charge in [-0.15, -0.1) is 0 Å². The lowest BCUT2D eigenvalue weighted by molar-refractivity contribution is -0.297. The van der Waals surface area contributed by atoms with Crippen LogP contribution in [-0.2, 0) is 13.0 Å². The van der Waals surface area contributed by atoms with E-state index < -0.39 is 24.2 Å². The SMILES string of the molecule is CCCc1ccc(OCc2ccc(C(=O)N3N=CC[C@]3(O)C(F)(F)F)o2)cc1. The molecule has 2 aromatic rings. The third-order valence-electron chi connectivity index (χ3n) is 4.29. The molecule has 3 rings (SSSR count). The standard InChI is InChI=1S/C19H19F3N2O4/c1-2-3-13-4-6-14(7-5-13)27-12-15-8-9-16(28-15)17(25)24-18(26,10-11-23-24)19(20,21)22/h4-9,11,26H,2-3,10,12H2,1H3/t18-/m0/s1. The first-order valence-corrected chi connectivity index (χ1v) is 8.71. The minimum Gasteiger partial charge on any atom is -0.486 e. The van der Waals surface area contributed by atoms with Crippen molar-refractivity contribution in [1.29, 1.82) is 0 Å². The molecule has 0 radical (unpaired) electrons. The highest BCUT2D eigenvalue weighted by atomic mass is 19.4. The van der Waals surface area contributed by atoms with Gasteiger partial charge in [-0.3, -0.25) is 4.79 Å². The number of furan rings is 1. The summed E-state index contributed by atoms with van der Waals surface area (Å²) in [5, 5.41) is 13.2. The normalized spacial score (nSPS) is 19.2. The van der Waals surface area contributed by atoms with Crippen LogP contribution in [0.3, 0.4) is 0 Å². The summed E-state index contributed by atoms with van der Waals surface area (Å²) in [5.74, 6) is -0.721. The second-order valence-electron chi connectivity index (χ2n) is 6.38. The fourth-order valence-corrected chi connectivity index (χ4v) is 2.76. The first-order chi connectivity index (χ1) is 13.2. The van der Waals surface area contributed by atoms with Crippen LogP contribution in [0, 0.1) is 0 Å². The number of amides is 1. The van der Waals surface area contributed by atoms with Crippen molar-refractivity contribution in [2.75, 3.05) is 0 Å². The summed E-state index contributed by atoms with van der Waals surface area (Å²) in [6, 6.07) is 10.1. The van der Waals surface area contributed by atoms with Gasteiger partial charge in [-0.05, 0) is 36.2 Å². The number of ether oxygens (including phenoxy) is 1. The lowest BCUT2D eigenvalue weighted by Crippen LogP contribution is -2.56. The Labute approximate surface area is 159 Å². The Hall–Kier alpha value is -2.81. The zero-order valence-corrected chi connectivity index (χ0v) is 15.1. The van der Waals surface area contributed by atoms with E-state index in [-0.39, 0.29) is 23.1 Å². The van der Waals surface area contributed by atoms with E-state index in [1.54, 1.807) is 0 Å². The van der Waals surface area contributed by atoms with E-state index in [2.05, 4.69) is 12.0 Å². The number of nitrogens with zero attached hydrogens (tertiary/aromatic N) is 2. The van der Waals surface area contributed by atoms with Crippen molar-refractivity contribution < 1.29 is 32.2 Å². The third kappa shape index (κ3) is 3.89. The van der Waals surface area contributed by atoms with Crippen LogP contribution < -0.4 is 4.74 Å². The molecule has 0 spiro atoms. The van der Waals surface area contributed by atoms with E-state index in [1.807, 2.05) is 24.3 Å². The van der Waals surface area contributed by atoms with E-state index in [1.165, 1.54) is 17.7 Å². The van der Waals surface area contributed by atoms with E-state index >= 15 is 0 Å². The van der Waals surface area contributed by atoms with Crippen molar-refractivity contribution in [1.82, 2.24) is 5.01 Å². The molecule has 1 aliphatic heterocycles. The Morgan fingerprint density at radius 2 is 2.00 bits per heavy atom. The van der Waals surface area contributed by atoms with Crippen LogP contribution in [0.25, 0.3) is 0 Å². The highest BCUT2D eigenvalue weighted by molar-refractivity contribution is 5.93. The van der Waals surface area contributed by atoms with Crippen molar-refractivity contribution >= 4 is 12.1 Å². The largest absolute Gasteiger partial charge is 0.486 e. The molecule has 1 aromatic carbocycles. The van der Waals surface area contributed by atoms with Crippen LogP contribution in [0.4, 0.5) is 13.2 Å². The van der Waals surface area contributed by atoms with Gasteiger partial charge in [0.25, 0.3) is 5.72 Å². The van der Waals surface area contributed by atoms with Crippen LogP contribution >= 0.6 is 0 Å².